The Morgan fingerprint density at radius 3 is 2.46 bits per heavy atom. The van der Waals surface area contributed by atoms with Crippen LogP contribution >= 0.6 is 11.6 Å². The first-order valence-corrected chi connectivity index (χ1v) is 9.55. The van der Waals surface area contributed by atoms with E-state index in [2.05, 4.69) is 5.32 Å². The van der Waals surface area contributed by atoms with Crippen molar-refractivity contribution < 1.29 is 13.2 Å². The molecule has 5 nitrogen and oxygen atoms in total. The highest BCUT2D eigenvalue weighted by molar-refractivity contribution is 7.90. The normalized spacial score (nSPS) is 12.5. The summed E-state index contributed by atoms with van der Waals surface area (Å²) in [7, 11) is -1.79. The van der Waals surface area contributed by atoms with Crippen molar-refractivity contribution in [1.29, 1.82) is 0 Å². The lowest BCUT2D eigenvalue weighted by Crippen LogP contribution is -2.34. The molecule has 1 N–H and O–H groups in total. The van der Waals surface area contributed by atoms with Gasteiger partial charge >= 0.3 is 6.03 Å². The van der Waals surface area contributed by atoms with Crippen LogP contribution in [0.25, 0.3) is 0 Å². The van der Waals surface area contributed by atoms with Gasteiger partial charge in [-0.3, -0.25) is 0 Å². The first-order valence-electron chi connectivity index (χ1n) is 7.28. The second kappa shape index (κ2) is 7.23. The van der Waals surface area contributed by atoms with Gasteiger partial charge in [0.2, 0.25) is 0 Å². The third-order valence-corrected chi connectivity index (χ3v) is 5.15. The van der Waals surface area contributed by atoms with Gasteiger partial charge in [-0.05, 0) is 36.8 Å². The maximum atomic E-state index is 12.5. The number of anilines is 1. The fraction of sp³-hybridized carbons (Fsp3) is 0.235. The molecule has 2 aromatic rings. The van der Waals surface area contributed by atoms with E-state index in [1.807, 2.05) is 19.1 Å². The summed E-state index contributed by atoms with van der Waals surface area (Å²) in [5, 5.41) is 3.25. The highest BCUT2D eigenvalue weighted by Crippen LogP contribution is 2.24. The summed E-state index contributed by atoms with van der Waals surface area (Å²) in [4.78, 5) is 14.1. The number of amides is 2. The molecule has 0 aromatic heterocycles. The second-order valence-corrected chi connectivity index (χ2v) is 7.96. The fourth-order valence-corrected chi connectivity index (χ4v) is 3.31. The summed E-state index contributed by atoms with van der Waals surface area (Å²) < 4.78 is 23.6. The zero-order valence-electron chi connectivity index (χ0n) is 13.7. The van der Waals surface area contributed by atoms with E-state index in [1.54, 1.807) is 37.4 Å². The number of benzene rings is 2. The molecule has 1 unspecified atom stereocenters. The monoisotopic (exact) mass is 366 g/mol. The molecule has 2 rings (SSSR count). The van der Waals surface area contributed by atoms with Crippen molar-refractivity contribution in [3.05, 3.63) is 59.1 Å². The van der Waals surface area contributed by atoms with E-state index in [9.17, 15) is 13.2 Å². The van der Waals surface area contributed by atoms with Crippen LogP contribution in [0.2, 0.25) is 5.02 Å². The van der Waals surface area contributed by atoms with E-state index in [0.717, 1.165) is 11.8 Å². The lowest BCUT2D eigenvalue weighted by Gasteiger charge is -2.26. The predicted molar refractivity (Wildman–Crippen MR) is 96.2 cm³/mol. The Kier molecular flexibility index (Phi) is 5.51. The summed E-state index contributed by atoms with van der Waals surface area (Å²) >= 11 is 5.99. The van der Waals surface area contributed by atoms with Gasteiger partial charge in [0.15, 0.2) is 9.84 Å². The van der Waals surface area contributed by atoms with Crippen LogP contribution in [0.3, 0.4) is 0 Å². The molecule has 0 saturated heterocycles. The average molecular weight is 367 g/mol. The van der Waals surface area contributed by atoms with Crippen molar-refractivity contribution in [3.8, 4) is 0 Å². The lowest BCUT2D eigenvalue weighted by atomic mass is 10.1. The standard InChI is InChI=1S/C17H19ClN2O3S/c1-12(13-7-6-8-14(18)11-13)20(2)17(21)19-15-9-4-5-10-16(15)24(3,22)23/h4-12H,1-3H3,(H,19,21). The number of rotatable bonds is 4. The molecule has 0 fully saturated rings. The van der Waals surface area contributed by atoms with E-state index >= 15 is 0 Å². The Hall–Kier alpha value is -2.05. The van der Waals surface area contributed by atoms with Crippen molar-refractivity contribution >= 4 is 33.2 Å². The predicted octanol–water partition coefficient (Wildman–Crippen LogP) is 3.97. The molecule has 0 aliphatic rings. The highest BCUT2D eigenvalue weighted by Gasteiger charge is 2.20. The Morgan fingerprint density at radius 2 is 1.83 bits per heavy atom. The van der Waals surface area contributed by atoms with Gasteiger partial charge in [0.05, 0.1) is 16.6 Å². The molecule has 0 saturated carbocycles. The van der Waals surface area contributed by atoms with E-state index in [0.29, 0.717) is 5.02 Å². The van der Waals surface area contributed by atoms with Crippen molar-refractivity contribution in [3.63, 3.8) is 0 Å². The minimum atomic E-state index is -3.43. The molecule has 24 heavy (non-hydrogen) atoms. The van der Waals surface area contributed by atoms with E-state index in [1.165, 1.54) is 11.0 Å². The number of hydrogen-bond acceptors (Lipinski definition) is 3. The van der Waals surface area contributed by atoms with Crippen LogP contribution in [-0.2, 0) is 9.84 Å². The molecule has 2 amide bonds. The van der Waals surface area contributed by atoms with Gasteiger partial charge in [-0.2, -0.15) is 0 Å². The third-order valence-electron chi connectivity index (χ3n) is 3.76. The topological polar surface area (TPSA) is 66.5 Å². The lowest BCUT2D eigenvalue weighted by molar-refractivity contribution is 0.208. The number of nitrogens with one attached hydrogen (secondary N) is 1. The molecule has 2 aromatic carbocycles. The van der Waals surface area contributed by atoms with Crippen LogP contribution in [0.4, 0.5) is 10.5 Å². The molecule has 0 aliphatic heterocycles. The first kappa shape index (κ1) is 18.3. The summed E-state index contributed by atoms with van der Waals surface area (Å²) in [6, 6.07) is 12.9. The molecule has 0 aliphatic carbocycles. The van der Waals surface area contributed by atoms with E-state index < -0.39 is 15.9 Å². The van der Waals surface area contributed by atoms with Gasteiger partial charge in [0, 0.05) is 18.3 Å². The maximum absolute atomic E-state index is 12.5. The van der Waals surface area contributed by atoms with Gasteiger partial charge in [0.1, 0.15) is 0 Å². The second-order valence-electron chi connectivity index (χ2n) is 5.54. The quantitative estimate of drug-likeness (QED) is 0.890. The highest BCUT2D eigenvalue weighted by atomic mass is 35.5. The largest absolute Gasteiger partial charge is 0.322 e. The van der Waals surface area contributed by atoms with Crippen LogP contribution in [0.1, 0.15) is 18.5 Å². The Bertz CT molecular complexity index is 852. The Balaban J connectivity index is 2.21. The van der Waals surface area contributed by atoms with E-state index in [-0.39, 0.29) is 16.6 Å². The molecule has 128 valence electrons. The Morgan fingerprint density at radius 1 is 1.17 bits per heavy atom. The zero-order chi connectivity index (χ0) is 17.9. The molecular formula is C17H19ClN2O3S. The number of halogens is 1. The summed E-state index contributed by atoms with van der Waals surface area (Å²) in [5.41, 5.74) is 1.15. The van der Waals surface area contributed by atoms with Crippen molar-refractivity contribution in [1.82, 2.24) is 4.90 Å². The summed E-state index contributed by atoms with van der Waals surface area (Å²) in [6.45, 7) is 1.87. The molecule has 7 heteroatoms. The number of urea groups is 1. The Labute approximate surface area is 147 Å². The third kappa shape index (κ3) is 4.27. The van der Waals surface area contributed by atoms with Gasteiger partial charge in [-0.1, -0.05) is 35.9 Å². The number of nitrogens with zero attached hydrogens (tertiary/aromatic N) is 1. The van der Waals surface area contributed by atoms with Gasteiger partial charge in [0.25, 0.3) is 0 Å². The van der Waals surface area contributed by atoms with Crippen LogP contribution in [-0.4, -0.2) is 32.7 Å². The van der Waals surface area contributed by atoms with Crippen LogP contribution in [0.15, 0.2) is 53.4 Å². The molecule has 0 radical (unpaired) electrons. The van der Waals surface area contributed by atoms with Crippen molar-refractivity contribution in [2.75, 3.05) is 18.6 Å². The van der Waals surface area contributed by atoms with Gasteiger partial charge in [-0.25, -0.2) is 13.2 Å². The number of hydrogen-bond donors (Lipinski definition) is 1. The van der Waals surface area contributed by atoms with Gasteiger partial charge in [-0.15, -0.1) is 0 Å². The number of carbonyl (C=O) groups excluding carboxylic acids is 1. The average Bonchev–Trinajstić information content (AvgIpc) is 2.53. The SMILES string of the molecule is CC(c1cccc(Cl)c1)N(C)C(=O)Nc1ccccc1S(C)(=O)=O. The van der Waals surface area contributed by atoms with Crippen molar-refractivity contribution in [2.45, 2.75) is 17.9 Å². The summed E-state index contributed by atoms with van der Waals surface area (Å²) in [6.07, 6.45) is 1.11. The first-order chi connectivity index (χ1) is 11.2. The number of para-hydroxylation sites is 1. The maximum Gasteiger partial charge on any atom is 0.322 e. The van der Waals surface area contributed by atoms with Crippen LogP contribution in [0.5, 0.6) is 0 Å². The molecule has 1 atom stereocenters. The van der Waals surface area contributed by atoms with E-state index in [4.69, 9.17) is 11.6 Å². The smallest absolute Gasteiger partial charge is 0.321 e. The van der Waals surface area contributed by atoms with Crippen molar-refractivity contribution in [2.24, 2.45) is 0 Å². The zero-order valence-corrected chi connectivity index (χ0v) is 15.2. The number of sulfone groups is 1. The fourth-order valence-electron chi connectivity index (χ4n) is 2.26. The minimum Gasteiger partial charge on any atom is -0.321 e. The van der Waals surface area contributed by atoms with Crippen LogP contribution in [0, 0.1) is 0 Å². The minimum absolute atomic E-state index is 0.0853. The van der Waals surface area contributed by atoms with Gasteiger partial charge < -0.3 is 10.2 Å². The molecule has 0 spiro atoms. The molecule has 0 bridgehead atoms. The number of carbonyl (C=O) groups is 1. The summed E-state index contributed by atoms with van der Waals surface area (Å²) in [5.74, 6) is 0. The van der Waals surface area contributed by atoms with Crippen LogP contribution < -0.4 is 5.32 Å². The molecule has 0 heterocycles. The molecular weight excluding hydrogens is 348 g/mol.